The van der Waals surface area contributed by atoms with E-state index in [9.17, 15) is 9.59 Å². The fraction of sp³-hybridized carbons (Fsp3) is 0.103. The Morgan fingerprint density at radius 1 is 0.676 bits per heavy atom. The van der Waals surface area contributed by atoms with Gasteiger partial charge in [0.1, 0.15) is 5.25 Å². The lowest BCUT2D eigenvalue weighted by Gasteiger charge is -2.17. The number of anilines is 2. The summed E-state index contributed by atoms with van der Waals surface area (Å²) in [5, 5.41) is 5.55. The highest BCUT2D eigenvalue weighted by atomic mass is 32.2. The molecule has 0 heterocycles. The summed E-state index contributed by atoms with van der Waals surface area (Å²) in [4.78, 5) is 26.7. The van der Waals surface area contributed by atoms with Crippen LogP contribution in [0.3, 0.4) is 0 Å². The molecule has 0 saturated carbocycles. The first-order valence-electron chi connectivity index (χ1n) is 11.1. The Balaban J connectivity index is 1.48. The Hall–Kier alpha value is -3.83. The van der Waals surface area contributed by atoms with Gasteiger partial charge in [-0.1, -0.05) is 60.2 Å². The summed E-state index contributed by atoms with van der Waals surface area (Å²) in [7, 11) is 0. The van der Waals surface area contributed by atoms with Crippen molar-refractivity contribution >= 4 is 35.0 Å². The summed E-state index contributed by atoms with van der Waals surface area (Å²) in [5.74, 6) is -0.237. The van der Waals surface area contributed by atoms with E-state index in [1.807, 2.05) is 117 Å². The molecule has 0 spiro atoms. The van der Waals surface area contributed by atoms with E-state index >= 15 is 0 Å². The van der Waals surface area contributed by atoms with Gasteiger partial charge in [0.05, 0.1) is 0 Å². The Labute approximate surface area is 204 Å². The molecular formula is C29H26N2O2S. The molecule has 0 saturated heterocycles. The molecule has 0 radical (unpaired) electrons. The standard InChI is InChI=1S/C29H26N2O2S/c1-20-11-13-23(14-12-20)28(32)30-24-15-17-26(18-16-24)34-27(22-8-4-3-5-9-22)29(33)31-25-10-6-7-21(2)19-25/h3-19,27H,1-2H3,(H,30,32)(H,31,33). The summed E-state index contributed by atoms with van der Waals surface area (Å²) in [6.07, 6.45) is 0. The Morgan fingerprint density at radius 2 is 1.38 bits per heavy atom. The van der Waals surface area contributed by atoms with Gasteiger partial charge in [0.15, 0.2) is 0 Å². The molecule has 1 unspecified atom stereocenters. The molecule has 0 aliphatic carbocycles. The maximum Gasteiger partial charge on any atom is 0.255 e. The van der Waals surface area contributed by atoms with Crippen LogP contribution < -0.4 is 10.6 Å². The second-order valence-electron chi connectivity index (χ2n) is 8.11. The van der Waals surface area contributed by atoms with Crippen LogP contribution in [0.1, 0.15) is 32.3 Å². The van der Waals surface area contributed by atoms with Gasteiger partial charge in [0.2, 0.25) is 5.91 Å². The first kappa shape index (κ1) is 23.3. The van der Waals surface area contributed by atoms with Gasteiger partial charge in [-0.25, -0.2) is 0 Å². The maximum absolute atomic E-state index is 13.2. The monoisotopic (exact) mass is 466 g/mol. The molecule has 2 N–H and O–H groups in total. The number of benzene rings is 4. The molecule has 4 aromatic rings. The number of hydrogen-bond acceptors (Lipinski definition) is 3. The highest BCUT2D eigenvalue weighted by Gasteiger charge is 2.22. The van der Waals surface area contributed by atoms with Gasteiger partial charge in [0.25, 0.3) is 5.91 Å². The number of carbonyl (C=O) groups excluding carboxylic acids is 2. The lowest BCUT2D eigenvalue weighted by molar-refractivity contribution is -0.115. The highest BCUT2D eigenvalue weighted by molar-refractivity contribution is 8.00. The number of thioether (sulfide) groups is 1. The molecule has 4 nitrogen and oxygen atoms in total. The van der Waals surface area contributed by atoms with Crippen molar-refractivity contribution in [3.63, 3.8) is 0 Å². The summed E-state index contributed by atoms with van der Waals surface area (Å²) in [6, 6.07) is 32.5. The highest BCUT2D eigenvalue weighted by Crippen LogP contribution is 2.36. The molecule has 34 heavy (non-hydrogen) atoms. The van der Waals surface area contributed by atoms with Crippen molar-refractivity contribution in [1.82, 2.24) is 0 Å². The second-order valence-corrected chi connectivity index (χ2v) is 9.29. The lowest BCUT2D eigenvalue weighted by atomic mass is 10.1. The van der Waals surface area contributed by atoms with Crippen LogP contribution in [-0.4, -0.2) is 11.8 Å². The molecule has 4 aromatic carbocycles. The quantitative estimate of drug-likeness (QED) is 0.288. The minimum absolute atomic E-state index is 0.0847. The van der Waals surface area contributed by atoms with Crippen LogP contribution in [-0.2, 0) is 4.79 Å². The summed E-state index contributed by atoms with van der Waals surface area (Å²) in [6.45, 7) is 3.99. The van der Waals surface area contributed by atoms with Crippen LogP contribution in [0.4, 0.5) is 11.4 Å². The van der Waals surface area contributed by atoms with E-state index in [1.54, 1.807) is 0 Å². The maximum atomic E-state index is 13.2. The van der Waals surface area contributed by atoms with E-state index in [0.717, 1.165) is 27.3 Å². The van der Waals surface area contributed by atoms with E-state index in [4.69, 9.17) is 0 Å². The predicted octanol–water partition coefficient (Wildman–Crippen LogP) is 7.03. The number of aryl methyl sites for hydroxylation is 2. The van der Waals surface area contributed by atoms with Crippen molar-refractivity contribution in [2.45, 2.75) is 24.0 Å². The van der Waals surface area contributed by atoms with Gasteiger partial charge in [-0.15, -0.1) is 11.8 Å². The van der Waals surface area contributed by atoms with E-state index in [0.29, 0.717) is 11.3 Å². The topological polar surface area (TPSA) is 58.2 Å². The van der Waals surface area contributed by atoms with E-state index in [1.165, 1.54) is 11.8 Å². The summed E-state index contributed by atoms with van der Waals surface area (Å²) < 4.78 is 0. The van der Waals surface area contributed by atoms with Crippen LogP contribution in [0.5, 0.6) is 0 Å². The van der Waals surface area contributed by atoms with Crippen LogP contribution in [0, 0.1) is 13.8 Å². The Morgan fingerprint density at radius 3 is 2.06 bits per heavy atom. The Kier molecular flexibility index (Phi) is 7.45. The normalized spacial score (nSPS) is 11.5. The van der Waals surface area contributed by atoms with Crippen molar-refractivity contribution in [3.8, 4) is 0 Å². The third-order valence-corrected chi connectivity index (χ3v) is 6.57. The zero-order valence-corrected chi connectivity index (χ0v) is 19.9. The number of amides is 2. The molecule has 1 atom stereocenters. The fourth-order valence-electron chi connectivity index (χ4n) is 3.49. The second kappa shape index (κ2) is 10.9. The van der Waals surface area contributed by atoms with Gasteiger partial charge in [-0.3, -0.25) is 9.59 Å². The van der Waals surface area contributed by atoms with E-state index in [-0.39, 0.29) is 11.8 Å². The van der Waals surface area contributed by atoms with Crippen LogP contribution in [0.25, 0.3) is 0 Å². The summed E-state index contributed by atoms with van der Waals surface area (Å²) >= 11 is 1.47. The first-order valence-corrected chi connectivity index (χ1v) is 11.9. The molecule has 0 bridgehead atoms. The number of nitrogens with one attached hydrogen (secondary N) is 2. The van der Waals surface area contributed by atoms with E-state index < -0.39 is 5.25 Å². The Bertz CT molecular complexity index is 1270. The molecule has 0 aromatic heterocycles. The smallest absolute Gasteiger partial charge is 0.255 e. The minimum atomic E-state index is -0.422. The molecule has 2 amide bonds. The average Bonchev–Trinajstić information content (AvgIpc) is 2.84. The average molecular weight is 467 g/mol. The van der Waals surface area contributed by atoms with Gasteiger partial charge in [-0.2, -0.15) is 0 Å². The van der Waals surface area contributed by atoms with Gasteiger partial charge in [0, 0.05) is 21.8 Å². The van der Waals surface area contributed by atoms with Crippen LogP contribution >= 0.6 is 11.8 Å². The van der Waals surface area contributed by atoms with Gasteiger partial charge < -0.3 is 10.6 Å². The van der Waals surface area contributed by atoms with Crippen molar-refractivity contribution < 1.29 is 9.59 Å². The molecular weight excluding hydrogens is 440 g/mol. The zero-order chi connectivity index (χ0) is 23.9. The van der Waals surface area contributed by atoms with Crippen molar-refractivity contribution in [1.29, 1.82) is 0 Å². The van der Waals surface area contributed by atoms with Crippen molar-refractivity contribution in [2.75, 3.05) is 10.6 Å². The number of hydrogen-bond donors (Lipinski definition) is 2. The van der Waals surface area contributed by atoms with Crippen molar-refractivity contribution in [3.05, 3.63) is 125 Å². The molecule has 4 rings (SSSR count). The molecule has 0 aliphatic heterocycles. The largest absolute Gasteiger partial charge is 0.325 e. The van der Waals surface area contributed by atoms with Gasteiger partial charge in [-0.05, 0) is 73.5 Å². The van der Waals surface area contributed by atoms with Crippen LogP contribution in [0.2, 0.25) is 0 Å². The third kappa shape index (κ3) is 6.15. The summed E-state index contributed by atoms with van der Waals surface area (Å²) in [5.41, 5.74) is 5.22. The molecule has 0 fully saturated rings. The molecule has 170 valence electrons. The lowest BCUT2D eigenvalue weighted by Crippen LogP contribution is -2.19. The first-order chi connectivity index (χ1) is 16.5. The fourth-order valence-corrected chi connectivity index (χ4v) is 4.52. The molecule has 5 heteroatoms. The number of carbonyl (C=O) groups is 2. The third-order valence-electron chi connectivity index (χ3n) is 5.31. The zero-order valence-electron chi connectivity index (χ0n) is 19.1. The van der Waals surface area contributed by atoms with Crippen LogP contribution in [0.15, 0.2) is 108 Å². The van der Waals surface area contributed by atoms with E-state index in [2.05, 4.69) is 10.6 Å². The number of rotatable bonds is 7. The molecule has 0 aliphatic rings. The predicted molar refractivity (Wildman–Crippen MR) is 140 cm³/mol. The minimum Gasteiger partial charge on any atom is -0.325 e. The SMILES string of the molecule is Cc1ccc(C(=O)Nc2ccc(SC(C(=O)Nc3cccc(C)c3)c3ccccc3)cc2)cc1. The van der Waals surface area contributed by atoms with Gasteiger partial charge >= 0.3 is 0 Å². The van der Waals surface area contributed by atoms with Crippen molar-refractivity contribution in [2.24, 2.45) is 0 Å².